The van der Waals surface area contributed by atoms with Crippen molar-refractivity contribution in [3.63, 3.8) is 0 Å². The summed E-state index contributed by atoms with van der Waals surface area (Å²) in [6, 6.07) is 3.39. The number of benzene rings is 1. The summed E-state index contributed by atoms with van der Waals surface area (Å²) in [5, 5.41) is 18.5. The number of fused-ring (bicyclic) bond motifs is 1. The number of ether oxygens (including phenoxy) is 1. The SMILES string of the molecule is N#C[C@H]1C[C@H](Oc2ccc(S(=O)(=O)C(F)(F)F)c3c2CC(F)(F)C3O)C1. The van der Waals surface area contributed by atoms with Crippen LogP contribution in [0.15, 0.2) is 17.0 Å². The number of hydrogen-bond acceptors (Lipinski definition) is 5. The number of sulfone groups is 1. The Kier molecular flexibility index (Phi) is 4.19. The topological polar surface area (TPSA) is 87.4 Å². The lowest BCUT2D eigenvalue weighted by Gasteiger charge is -2.31. The van der Waals surface area contributed by atoms with E-state index in [4.69, 9.17) is 10.00 Å². The molecule has 0 aliphatic heterocycles. The van der Waals surface area contributed by atoms with Crippen LogP contribution in [0.3, 0.4) is 0 Å². The Hall–Kier alpha value is -1.93. The van der Waals surface area contributed by atoms with E-state index in [-0.39, 0.29) is 11.7 Å². The Labute approximate surface area is 144 Å². The van der Waals surface area contributed by atoms with E-state index in [1.807, 2.05) is 6.07 Å². The third kappa shape index (κ3) is 2.81. The predicted molar refractivity (Wildman–Crippen MR) is 76.0 cm³/mol. The maximum atomic E-state index is 13.9. The molecule has 0 aromatic heterocycles. The van der Waals surface area contributed by atoms with Gasteiger partial charge in [-0.3, -0.25) is 0 Å². The molecule has 1 N–H and O–H groups in total. The Morgan fingerprint density at radius 1 is 1.27 bits per heavy atom. The van der Waals surface area contributed by atoms with Crippen molar-refractivity contribution in [1.29, 1.82) is 5.26 Å². The van der Waals surface area contributed by atoms with Gasteiger partial charge < -0.3 is 9.84 Å². The molecule has 26 heavy (non-hydrogen) atoms. The van der Waals surface area contributed by atoms with Gasteiger partial charge in [-0.15, -0.1) is 0 Å². The molecule has 3 rings (SSSR count). The summed E-state index contributed by atoms with van der Waals surface area (Å²) in [5.41, 5.74) is -7.15. The van der Waals surface area contributed by atoms with Gasteiger partial charge in [-0.05, 0) is 12.1 Å². The largest absolute Gasteiger partial charge is 0.501 e. The minimum absolute atomic E-state index is 0.210. The molecule has 1 aromatic carbocycles. The number of hydrogen-bond donors (Lipinski definition) is 1. The van der Waals surface area contributed by atoms with Crippen LogP contribution in [0.4, 0.5) is 22.0 Å². The number of alkyl halides is 5. The van der Waals surface area contributed by atoms with Crippen molar-refractivity contribution in [1.82, 2.24) is 0 Å². The first-order chi connectivity index (χ1) is 11.9. The lowest BCUT2D eigenvalue weighted by Crippen LogP contribution is -2.33. The zero-order valence-electron chi connectivity index (χ0n) is 12.9. The van der Waals surface area contributed by atoms with E-state index in [0.29, 0.717) is 18.9 Å². The van der Waals surface area contributed by atoms with Gasteiger partial charge in [0.2, 0.25) is 0 Å². The molecule has 2 aliphatic carbocycles. The minimum Gasteiger partial charge on any atom is -0.490 e. The van der Waals surface area contributed by atoms with Crippen LogP contribution in [0, 0.1) is 17.2 Å². The highest BCUT2D eigenvalue weighted by molar-refractivity contribution is 7.92. The molecule has 1 saturated carbocycles. The molecule has 5 nitrogen and oxygen atoms in total. The lowest BCUT2D eigenvalue weighted by atomic mass is 9.83. The molecule has 0 radical (unpaired) electrons. The van der Waals surface area contributed by atoms with Gasteiger partial charge in [0, 0.05) is 30.4 Å². The van der Waals surface area contributed by atoms with Crippen LogP contribution in [0.5, 0.6) is 5.75 Å². The van der Waals surface area contributed by atoms with E-state index < -0.39 is 55.9 Å². The molecular weight excluding hydrogens is 385 g/mol. The Balaban J connectivity index is 2.06. The van der Waals surface area contributed by atoms with Gasteiger partial charge in [-0.25, -0.2) is 17.2 Å². The summed E-state index contributed by atoms with van der Waals surface area (Å²) in [6.45, 7) is 0. The number of aliphatic hydroxyl groups excluding tert-OH is 1. The first-order valence-electron chi connectivity index (χ1n) is 7.47. The van der Waals surface area contributed by atoms with Crippen LogP contribution in [-0.4, -0.2) is 31.1 Å². The molecule has 1 unspecified atom stereocenters. The van der Waals surface area contributed by atoms with Crippen molar-refractivity contribution in [3.05, 3.63) is 23.3 Å². The highest BCUT2D eigenvalue weighted by Crippen LogP contribution is 2.51. The average molecular weight is 397 g/mol. The molecule has 1 fully saturated rings. The zero-order chi connectivity index (χ0) is 19.5. The van der Waals surface area contributed by atoms with Gasteiger partial charge in [-0.1, -0.05) is 0 Å². The Bertz CT molecular complexity index is 885. The quantitative estimate of drug-likeness (QED) is 0.793. The molecule has 1 aromatic rings. The van der Waals surface area contributed by atoms with Gasteiger partial charge in [0.05, 0.1) is 16.9 Å². The standard InChI is InChI=1S/C15H12F5NO4S/c16-14(17)5-9-10(25-8-3-7(4-8)6-21)1-2-11(12(9)13(14)22)26(23,24)15(18,19)20/h1-2,7-8,13,22H,3-5H2/t7-,8-,13?. The van der Waals surface area contributed by atoms with Crippen molar-refractivity contribution in [3.8, 4) is 11.8 Å². The third-order valence-corrected chi connectivity index (χ3v) is 6.07. The van der Waals surface area contributed by atoms with Gasteiger partial charge in [0.1, 0.15) is 18.0 Å². The minimum atomic E-state index is -5.93. The molecule has 2 aliphatic rings. The van der Waals surface area contributed by atoms with Crippen LogP contribution >= 0.6 is 0 Å². The summed E-state index contributed by atoms with van der Waals surface area (Å²) < 4.78 is 95.2. The summed E-state index contributed by atoms with van der Waals surface area (Å²) in [7, 11) is -5.93. The second-order valence-electron chi connectivity index (χ2n) is 6.28. The summed E-state index contributed by atoms with van der Waals surface area (Å²) in [5.74, 6) is -4.30. The van der Waals surface area contributed by atoms with Crippen LogP contribution in [-0.2, 0) is 16.3 Å². The van der Waals surface area contributed by atoms with E-state index in [0.717, 1.165) is 6.07 Å². The Morgan fingerprint density at radius 2 is 1.88 bits per heavy atom. The van der Waals surface area contributed by atoms with E-state index in [1.165, 1.54) is 0 Å². The van der Waals surface area contributed by atoms with Crippen LogP contribution in [0.25, 0.3) is 0 Å². The van der Waals surface area contributed by atoms with Crippen molar-refractivity contribution in [2.75, 3.05) is 0 Å². The maximum Gasteiger partial charge on any atom is 0.501 e. The van der Waals surface area contributed by atoms with Crippen LogP contribution < -0.4 is 4.74 Å². The fraction of sp³-hybridized carbons (Fsp3) is 0.533. The second kappa shape index (κ2) is 5.79. The van der Waals surface area contributed by atoms with E-state index in [2.05, 4.69) is 0 Å². The van der Waals surface area contributed by atoms with Gasteiger partial charge in [0.15, 0.2) is 0 Å². The zero-order valence-corrected chi connectivity index (χ0v) is 13.7. The van der Waals surface area contributed by atoms with Gasteiger partial charge in [-0.2, -0.15) is 18.4 Å². The van der Waals surface area contributed by atoms with Crippen molar-refractivity contribution >= 4 is 9.84 Å². The van der Waals surface area contributed by atoms with E-state index >= 15 is 0 Å². The molecule has 1 atom stereocenters. The van der Waals surface area contributed by atoms with E-state index in [1.54, 1.807) is 0 Å². The van der Waals surface area contributed by atoms with Crippen molar-refractivity contribution < 1.29 is 40.2 Å². The molecular formula is C15H12F5NO4S. The normalized spacial score (nSPS) is 27.3. The van der Waals surface area contributed by atoms with Crippen molar-refractivity contribution in [2.24, 2.45) is 5.92 Å². The smallest absolute Gasteiger partial charge is 0.490 e. The summed E-state index contributed by atoms with van der Waals surface area (Å²) in [4.78, 5) is -1.40. The fourth-order valence-electron chi connectivity index (χ4n) is 3.07. The fourth-order valence-corrected chi connectivity index (χ4v) is 4.09. The van der Waals surface area contributed by atoms with Gasteiger partial charge >= 0.3 is 5.51 Å². The monoisotopic (exact) mass is 397 g/mol. The van der Waals surface area contributed by atoms with E-state index in [9.17, 15) is 35.5 Å². The van der Waals surface area contributed by atoms with Crippen molar-refractivity contribution in [2.45, 2.75) is 47.8 Å². The second-order valence-corrected chi connectivity index (χ2v) is 8.19. The summed E-state index contributed by atoms with van der Waals surface area (Å²) >= 11 is 0. The molecule has 11 heteroatoms. The summed E-state index contributed by atoms with van der Waals surface area (Å²) in [6.07, 6.45) is -3.67. The molecule has 142 valence electrons. The molecule has 0 saturated heterocycles. The average Bonchev–Trinajstić information content (AvgIpc) is 2.72. The molecule has 0 bridgehead atoms. The number of rotatable bonds is 3. The van der Waals surface area contributed by atoms with Gasteiger partial charge in [0.25, 0.3) is 15.8 Å². The number of nitrogens with zero attached hydrogens (tertiary/aromatic N) is 1. The highest BCUT2D eigenvalue weighted by atomic mass is 32.2. The molecule has 0 amide bonds. The Morgan fingerprint density at radius 3 is 2.42 bits per heavy atom. The first-order valence-corrected chi connectivity index (χ1v) is 8.96. The number of aliphatic hydroxyl groups is 1. The number of halogens is 5. The maximum absolute atomic E-state index is 13.9. The van der Waals surface area contributed by atoms with Crippen LogP contribution in [0.1, 0.15) is 30.1 Å². The predicted octanol–water partition coefficient (Wildman–Crippen LogP) is 2.89. The molecule has 0 heterocycles. The first kappa shape index (κ1) is 18.8. The number of nitriles is 1. The molecule has 0 spiro atoms. The van der Waals surface area contributed by atoms with Crippen LogP contribution in [0.2, 0.25) is 0 Å². The highest BCUT2D eigenvalue weighted by Gasteiger charge is 2.55. The third-order valence-electron chi connectivity index (χ3n) is 4.53. The lowest BCUT2D eigenvalue weighted by molar-refractivity contribution is -0.0979.